The van der Waals surface area contributed by atoms with Gasteiger partial charge in [0.15, 0.2) is 0 Å². The maximum absolute atomic E-state index is 12.9. The van der Waals surface area contributed by atoms with E-state index in [1.54, 1.807) is 6.20 Å². The lowest BCUT2D eigenvalue weighted by Gasteiger charge is -2.39. The van der Waals surface area contributed by atoms with Crippen LogP contribution in [-0.2, 0) is 9.59 Å². The molecule has 3 fully saturated rings. The molecule has 3 aliphatic rings. The van der Waals surface area contributed by atoms with E-state index in [0.717, 1.165) is 43.2 Å². The number of carbonyl (C=O) groups excluding carboxylic acids is 2. The summed E-state index contributed by atoms with van der Waals surface area (Å²) >= 11 is 0. The minimum atomic E-state index is -0.733. The highest BCUT2D eigenvalue weighted by Crippen LogP contribution is 2.28. The maximum atomic E-state index is 12.9. The summed E-state index contributed by atoms with van der Waals surface area (Å²) in [5.41, 5.74) is 0.810. The van der Waals surface area contributed by atoms with Crippen molar-refractivity contribution in [2.24, 2.45) is 5.92 Å². The molecule has 3 heterocycles. The predicted molar refractivity (Wildman–Crippen MR) is 113 cm³/mol. The zero-order valence-corrected chi connectivity index (χ0v) is 17.0. The van der Waals surface area contributed by atoms with Crippen molar-refractivity contribution < 1.29 is 9.59 Å². The highest BCUT2D eigenvalue weighted by atomic mass is 16.2. The number of piperazine rings is 1. The Bertz CT molecular complexity index is 1040. The highest BCUT2D eigenvalue weighted by molar-refractivity contribution is 5.99. The first-order valence-electron chi connectivity index (χ1n) is 10.9. The maximum Gasteiger partial charge on any atom is 0.275 e. The first-order valence-corrected chi connectivity index (χ1v) is 10.9. The Morgan fingerprint density at radius 2 is 1.83 bits per heavy atom. The first-order chi connectivity index (χ1) is 14.6. The predicted octanol–water partition coefficient (Wildman–Crippen LogP) is 1.30. The summed E-state index contributed by atoms with van der Waals surface area (Å²) in [4.78, 5) is 41.4. The second kappa shape index (κ2) is 7.83. The fraction of sp³-hybridized carbons (Fsp3) is 0.545. The normalized spacial score (nSPS) is 23.5. The lowest BCUT2D eigenvalue weighted by atomic mass is 9.85. The largest absolute Gasteiger partial charge is 0.369 e. The molecule has 1 aliphatic carbocycles. The first kappa shape index (κ1) is 19.2. The van der Waals surface area contributed by atoms with Gasteiger partial charge in [0.1, 0.15) is 6.04 Å². The van der Waals surface area contributed by atoms with Crippen LogP contribution in [0.5, 0.6) is 0 Å². The van der Waals surface area contributed by atoms with Gasteiger partial charge in [-0.05, 0) is 43.4 Å². The average Bonchev–Trinajstić information content (AvgIpc) is 2.72. The van der Waals surface area contributed by atoms with Crippen LogP contribution in [0.2, 0.25) is 0 Å². The number of piperidine rings is 1. The van der Waals surface area contributed by atoms with Gasteiger partial charge in [-0.15, -0.1) is 0 Å². The molecule has 2 saturated heterocycles. The van der Waals surface area contributed by atoms with Gasteiger partial charge in [0.05, 0.1) is 11.6 Å². The Labute approximate surface area is 174 Å². The topological polar surface area (TPSA) is 87.5 Å². The molecule has 1 aromatic carbocycles. The smallest absolute Gasteiger partial charge is 0.275 e. The quantitative estimate of drug-likeness (QED) is 0.766. The molecule has 0 unspecified atom stereocenters. The molecule has 2 amide bonds. The third-order valence-corrected chi connectivity index (χ3v) is 6.78. The molecule has 2 aliphatic heterocycles. The number of carbonyl (C=O) groups is 2. The second-order valence-corrected chi connectivity index (χ2v) is 8.72. The number of anilines is 1. The van der Waals surface area contributed by atoms with E-state index >= 15 is 0 Å². The van der Waals surface area contributed by atoms with Gasteiger partial charge < -0.3 is 4.90 Å². The van der Waals surface area contributed by atoms with E-state index in [0.29, 0.717) is 11.8 Å². The van der Waals surface area contributed by atoms with Gasteiger partial charge in [-0.3, -0.25) is 24.6 Å². The fourth-order valence-electron chi connectivity index (χ4n) is 4.72. The summed E-state index contributed by atoms with van der Waals surface area (Å²) in [5.74, 6) is 0.133. The number of imide groups is 1. The Morgan fingerprint density at radius 3 is 2.53 bits per heavy atom. The van der Waals surface area contributed by atoms with E-state index in [2.05, 4.69) is 20.2 Å². The van der Waals surface area contributed by atoms with Crippen molar-refractivity contribution in [3.63, 3.8) is 0 Å². The van der Waals surface area contributed by atoms with Crippen LogP contribution < -0.4 is 15.8 Å². The third-order valence-electron chi connectivity index (χ3n) is 6.78. The second-order valence-electron chi connectivity index (χ2n) is 8.72. The molecular formula is C22H27N5O3. The number of nitrogens with one attached hydrogen (secondary N) is 1. The summed E-state index contributed by atoms with van der Waals surface area (Å²) in [6, 6.07) is 5.10. The number of aromatic nitrogens is 2. The van der Waals surface area contributed by atoms with Crippen molar-refractivity contribution in [2.45, 2.75) is 38.1 Å². The number of rotatable bonds is 4. The zero-order valence-electron chi connectivity index (χ0n) is 17.0. The van der Waals surface area contributed by atoms with Gasteiger partial charge >= 0.3 is 0 Å². The van der Waals surface area contributed by atoms with Crippen molar-refractivity contribution >= 4 is 28.3 Å². The van der Waals surface area contributed by atoms with E-state index in [1.165, 1.54) is 30.5 Å². The summed E-state index contributed by atoms with van der Waals surface area (Å²) in [7, 11) is 0. The molecule has 1 aromatic heterocycles. The molecule has 2 aromatic rings. The van der Waals surface area contributed by atoms with E-state index in [-0.39, 0.29) is 17.9 Å². The van der Waals surface area contributed by atoms with Gasteiger partial charge in [0.2, 0.25) is 5.91 Å². The minimum Gasteiger partial charge on any atom is -0.369 e. The van der Waals surface area contributed by atoms with E-state index < -0.39 is 11.9 Å². The molecule has 30 heavy (non-hydrogen) atoms. The van der Waals surface area contributed by atoms with Crippen molar-refractivity contribution in [3.8, 4) is 0 Å². The SMILES string of the molecule is O=C1CC[C@@H](n2ncc3cc(N4CCN(CC5CCC5)CC4)ccc3c2=O)C(=O)N1. The lowest BCUT2D eigenvalue weighted by Crippen LogP contribution is -2.48. The van der Waals surface area contributed by atoms with Crippen LogP contribution >= 0.6 is 0 Å². The van der Waals surface area contributed by atoms with Crippen LogP contribution in [0.1, 0.15) is 38.1 Å². The summed E-state index contributed by atoms with van der Waals surface area (Å²) < 4.78 is 1.21. The van der Waals surface area contributed by atoms with Gasteiger partial charge in [0.25, 0.3) is 11.5 Å². The number of fused-ring (bicyclic) bond motifs is 1. The highest BCUT2D eigenvalue weighted by Gasteiger charge is 2.30. The van der Waals surface area contributed by atoms with Crippen LogP contribution in [0.4, 0.5) is 5.69 Å². The molecule has 1 atom stereocenters. The number of hydrogen-bond donors (Lipinski definition) is 1. The standard InChI is InChI=1S/C22H27N5O3/c28-20-7-6-19(21(29)24-20)27-22(30)18-5-4-17(12-16(18)13-23-27)26-10-8-25(9-11-26)14-15-2-1-3-15/h4-5,12-13,15,19H,1-3,6-11,14H2,(H,24,28,29)/t19-/m1/s1. The summed E-state index contributed by atoms with van der Waals surface area (Å²) in [6.45, 7) is 5.35. The van der Waals surface area contributed by atoms with Crippen molar-refractivity contribution in [1.29, 1.82) is 0 Å². The Morgan fingerprint density at radius 1 is 1.03 bits per heavy atom. The van der Waals surface area contributed by atoms with Gasteiger partial charge in [-0.1, -0.05) is 6.42 Å². The minimum absolute atomic E-state index is 0.216. The van der Waals surface area contributed by atoms with Gasteiger partial charge in [-0.2, -0.15) is 5.10 Å². The van der Waals surface area contributed by atoms with E-state index in [9.17, 15) is 14.4 Å². The Hall–Kier alpha value is -2.74. The average molecular weight is 409 g/mol. The third kappa shape index (κ3) is 3.60. The van der Waals surface area contributed by atoms with Crippen LogP contribution in [0.25, 0.3) is 10.8 Å². The van der Waals surface area contributed by atoms with E-state index in [4.69, 9.17) is 0 Å². The summed E-state index contributed by atoms with van der Waals surface area (Å²) in [5, 5.41) is 7.87. The van der Waals surface area contributed by atoms with E-state index in [1.807, 2.05) is 18.2 Å². The molecule has 8 nitrogen and oxygen atoms in total. The van der Waals surface area contributed by atoms with Crippen LogP contribution in [0.3, 0.4) is 0 Å². The molecule has 158 valence electrons. The fourth-order valence-corrected chi connectivity index (χ4v) is 4.72. The van der Waals surface area contributed by atoms with Gasteiger partial charge in [0, 0.05) is 50.2 Å². The number of amides is 2. The Kier molecular flexibility index (Phi) is 5.02. The van der Waals surface area contributed by atoms with Crippen molar-refractivity contribution in [2.75, 3.05) is 37.6 Å². The molecule has 0 spiro atoms. The van der Waals surface area contributed by atoms with Crippen LogP contribution in [-0.4, -0.2) is 59.2 Å². The number of hydrogen-bond acceptors (Lipinski definition) is 6. The number of nitrogens with zero attached hydrogens (tertiary/aromatic N) is 4. The number of benzene rings is 1. The molecule has 1 N–H and O–H groups in total. The summed E-state index contributed by atoms with van der Waals surface area (Å²) in [6.07, 6.45) is 6.32. The molecule has 0 bridgehead atoms. The van der Waals surface area contributed by atoms with Gasteiger partial charge in [-0.25, -0.2) is 4.68 Å². The molecule has 8 heteroatoms. The Balaban J connectivity index is 1.32. The molecular weight excluding hydrogens is 382 g/mol. The molecule has 0 radical (unpaired) electrons. The molecule has 5 rings (SSSR count). The molecule has 1 saturated carbocycles. The monoisotopic (exact) mass is 409 g/mol. The van der Waals surface area contributed by atoms with Crippen LogP contribution in [0, 0.1) is 5.92 Å². The van der Waals surface area contributed by atoms with Crippen molar-refractivity contribution in [3.05, 3.63) is 34.7 Å². The zero-order chi connectivity index (χ0) is 20.7. The lowest BCUT2D eigenvalue weighted by molar-refractivity contribution is -0.136. The van der Waals surface area contributed by atoms with Crippen LogP contribution in [0.15, 0.2) is 29.2 Å². The van der Waals surface area contributed by atoms with Crippen molar-refractivity contribution in [1.82, 2.24) is 20.0 Å².